The fourth-order valence-corrected chi connectivity index (χ4v) is 8.84. The van der Waals surface area contributed by atoms with Crippen molar-refractivity contribution in [1.29, 1.82) is 0 Å². The van der Waals surface area contributed by atoms with Gasteiger partial charge in [-0.05, 0) is 28.3 Å². The highest BCUT2D eigenvalue weighted by molar-refractivity contribution is 6.99. The van der Waals surface area contributed by atoms with Crippen LogP contribution in [0.3, 0.4) is 0 Å². The Morgan fingerprint density at radius 3 is 1.79 bits per heavy atom. The van der Waals surface area contributed by atoms with Gasteiger partial charge in [-0.2, -0.15) is 0 Å². The predicted molar refractivity (Wildman–Crippen MR) is 130 cm³/mol. The summed E-state index contributed by atoms with van der Waals surface area (Å²) in [6.07, 6.45) is 0.881. The number of rotatable bonds is 7. The van der Waals surface area contributed by atoms with Gasteiger partial charge in [0.2, 0.25) is 0 Å². The fourth-order valence-electron chi connectivity index (χ4n) is 3.64. The molecule has 0 saturated carbocycles. The Morgan fingerprint density at radius 1 is 0.897 bits per heavy atom. The van der Waals surface area contributed by atoms with Crippen molar-refractivity contribution in [3.8, 4) is 11.5 Å². The van der Waals surface area contributed by atoms with E-state index < -0.39 is 22.5 Å². The van der Waals surface area contributed by atoms with Crippen LogP contribution in [0.2, 0.25) is 24.7 Å². The molecule has 0 aromatic heterocycles. The van der Waals surface area contributed by atoms with Crippen molar-refractivity contribution in [2.24, 2.45) is 0 Å². The largest absolute Gasteiger partial charge is 0.407 e. The van der Waals surface area contributed by atoms with E-state index in [-0.39, 0.29) is 5.04 Å². The van der Waals surface area contributed by atoms with E-state index in [1.807, 2.05) is 0 Å². The number of hydrogen-bond donors (Lipinski definition) is 1. The summed E-state index contributed by atoms with van der Waals surface area (Å²) in [4.78, 5) is 0. The minimum Gasteiger partial charge on any atom is -0.407 e. The van der Waals surface area contributed by atoms with Crippen molar-refractivity contribution < 1.29 is 9.53 Å². The molecule has 0 saturated heterocycles. The predicted octanol–water partition coefficient (Wildman–Crippen LogP) is 4.58. The molecule has 1 N–H and O–H groups in total. The molecule has 0 unspecified atom stereocenters. The summed E-state index contributed by atoms with van der Waals surface area (Å²) in [6, 6.07) is 21.4. The summed E-state index contributed by atoms with van der Waals surface area (Å²) in [5.41, 5.74) is 3.26. The first-order chi connectivity index (χ1) is 13.6. The molecule has 2 rings (SSSR count). The zero-order chi connectivity index (χ0) is 21.5. The molecule has 0 amide bonds. The lowest BCUT2D eigenvalue weighted by atomic mass is 10.2. The van der Waals surface area contributed by atoms with Gasteiger partial charge in [0.15, 0.2) is 0 Å². The summed E-state index contributed by atoms with van der Waals surface area (Å²) in [5.74, 6) is 3.04. The molecule has 156 valence electrons. The normalized spacial score (nSPS) is 13.5. The van der Waals surface area contributed by atoms with Crippen molar-refractivity contribution in [1.82, 2.24) is 0 Å². The molecule has 0 radical (unpaired) electrons. The van der Waals surface area contributed by atoms with Crippen molar-refractivity contribution >= 4 is 26.8 Å². The standard InChI is InChI=1S/C25H36O2Si2/c1-25(2,3)29(23-15-9-7-10-16-23,24-17-11-8-12-18-24)27-20-13-14-22(26)19-21-28(4,5)6/h7-12,15-18,22,26H,13-14,20H2,1-6H3/t22-/m0/s1. The Morgan fingerprint density at radius 2 is 1.38 bits per heavy atom. The molecule has 0 aliphatic heterocycles. The second kappa shape index (κ2) is 9.91. The van der Waals surface area contributed by atoms with Gasteiger partial charge in [0, 0.05) is 6.61 Å². The quantitative estimate of drug-likeness (QED) is 0.400. The van der Waals surface area contributed by atoms with Crippen LogP contribution in [0.25, 0.3) is 0 Å². The molecule has 2 nitrogen and oxygen atoms in total. The molecule has 2 aromatic rings. The van der Waals surface area contributed by atoms with Crippen LogP contribution in [0, 0.1) is 11.5 Å². The molecule has 1 atom stereocenters. The molecule has 0 heterocycles. The Balaban J connectivity index is 2.24. The summed E-state index contributed by atoms with van der Waals surface area (Å²) < 4.78 is 6.85. The van der Waals surface area contributed by atoms with Gasteiger partial charge in [-0.15, -0.1) is 5.54 Å². The summed E-state index contributed by atoms with van der Waals surface area (Å²) in [5, 5.41) is 12.8. The second-order valence-corrected chi connectivity index (χ2v) is 18.7. The molecule has 29 heavy (non-hydrogen) atoms. The van der Waals surface area contributed by atoms with Crippen molar-refractivity contribution in [3.63, 3.8) is 0 Å². The summed E-state index contributed by atoms with van der Waals surface area (Å²) in [6.45, 7) is 14.1. The van der Waals surface area contributed by atoms with Gasteiger partial charge in [0.05, 0.1) is 0 Å². The fraction of sp³-hybridized carbons (Fsp3) is 0.440. The van der Waals surface area contributed by atoms with Gasteiger partial charge >= 0.3 is 0 Å². The third-order valence-corrected chi connectivity index (χ3v) is 10.9. The zero-order valence-corrected chi connectivity index (χ0v) is 20.8. The zero-order valence-electron chi connectivity index (χ0n) is 18.8. The maximum absolute atomic E-state index is 10.2. The second-order valence-electron chi connectivity index (χ2n) is 9.69. The number of benzene rings is 2. The average molecular weight is 425 g/mol. The topological polar surface area (TPSA) is 29.5 Å². The molecule has 0 bridgehead atoms. The Hall–Kier alpha value is -1.65. The van der Waals surface area contributed by atoms with E-state index in [2.05, 4.69) is 113 Å². The van der Waals surface area contributed by atoms with Crippen LogP contribution in [-0.2, 0) is 4.43 Å². The lowest BCUT2D eigenvalue weighted by molar-refractivity contribution is 0.200. The number of hydrogen-bond acceptors (Lipinski definition) is 2. The summed E-state index contributed by atoms with van der Waals surface area (Å²) in [7, 11) is -3.94. The molecule has 2 aromatic carbocycles. The molecule has 4 heteroatoms. The van der Waals surface area contributed by atoms with Gasteiger partial charge in [0.25, 0.3) is 8.32 Å². The van der Waals surface area contributed by atoms with Crippen molar-refractivity contribution in [3.05, 3.63) is 60.7 Å². The van der Waals surface area contributed by atoms with Gasteiger partial charge in [-0.25, -0.2) is 0 Å². The minimum atomic E-state index is -2.48. The number of aliphatic hydroxyl groups is 1. The first kappa shape index (κ1) is 23.6. The van der Waals surface area contributed by atoms with Crippen LogP contribution >= 0.6 is 0 Å². The van der Waals surface area contributed by atoms with E-state index in [0.717, 1.165) is 6.42 Å². The third kappa shape index (κ3) is 6.42. The summed E-state index contributed by atoms with van der Waals surface area (Å²) >= 11 is 0. The van der Waals surface area contributed by atoms with Gasteiger partial charge in [-0.3, -0.25) is 0 Å². The third-order valence-electron chi connectivity index (χ3n) is 4.97. The smallest absolute Gasteiger partial charge is 0.261 e. The highest BCUT2D eigenvalue weighted by Gasteiger charge is 2.49. The Labute approximate surface area is 179 Å². The Kier molecular flexibility index (Phi) is 8.07. The maximum atomic E-state index is 10.2. The van der Waals surface area contributed by atoms with E-state index in [0.29, 0.717) is 13.0 Å². The van der Waals surface area contributed by atoms with E-state index in [1.54, 1.807) is 0 Å². The minimum absolute atomic E-state index is 0.0219. The van der Waals surface area contributed by atoms with Crippen LogP contribution in [0.5, 0.6) is 0 Å². The molecule has 0 fully saturated rings. The lowest BCUT2D eigenvalue weighted by Gasteiger charge is -2.43. The number of aliphatic hydroxyl groups excluding tert-OH is 1. The highest BCUT2D eigenvalue weighted by atomic mass is 28.4. The highest BCUT2D eigenvalue weighted by Crippen LogP contribution is 2.36. The van der Waals surface area contributed by atoms with Crippen LogP contribution in [0.15, 0.2) is 60.7 Å². The monoisotopic (exact) mass is 424 g/mol. The SMILES string of the molecule is CC(C)(C)[Si](OCCC[C@H](O)C#C[Si](C)(C)C)(c1ccccc1)c1ccccc1. The Bertz CT molecular complexity index is 770. The average Bonchev–Trinajstić information content (AvgIpc) is 2.66. The van der Waals surface area contributed by atoms with E-state index >= 15 is 0 Å². The van der Waals surface area contributed by atoms with Crippen LogP contribution in [0.1, 0.15) is 33.6 Å². The van der Waals surface area contributed by atoms with E-state index in [4.69, 9.17) is 4.43 Å². The lowest BCUT2D eigenvalue weighted by Crippen LogP contribution is -2.66. The van der Waals surface area contributed by atoms with Gasteiger partial charge in [0.1, 0.15) is 14.2 Å². The van der Waals surface area contributed by atoms with Crippen molar-refractivity contribution in [2.45, 2.75) is 64.4 Å². The van der Waals surface area contributed by atoms with Gasteiger partial charge in [-0.1, -0.05) is 107 Å². The first-order valence-corrected chi connectivity index (χ1v) is 15.9. The van der Waals surface area contributed by atoms with Crippen LogP contribution in [-0.4, -0.2) is 34.2 Å². The van der Waals surface area contributed by atoms with Crippen molar-refractivity contribution in [2.75, 3.05) is 6.61 Å². The van der Waals surface area contributed by atoms with Gasteiger partial charge < -0.3 is 9.53 Å². The molecule has 0 aliphatic rings. The molecular weight excluding hydrogens is 388 g/mol. The molecule has 0 spiro atoms. The van der Waals surface area contributed by atoms with E-state index in [1.165, 1.54) is 10.4 Å². The molecule has 0 aliphatic carbocycles. The first-order valence-electron chi connectivity index (χ1n) is 10.5. The maximum Gasteiger partial charge on any atom is 0.261 e. The van der Waals surface area contributed by atoms with Crippen LogP contribution in [0.4, 0.5) is 0 Å². The van der Waals surface area contributed by atoms with Crippen LogP contribution < -0.4 is 10.4 Å². The van der Waals surface area contributed by atoms with E-state index in [9.17, 15) is 5.11 Å². The molecular formula is C25H36O2Si2.